The molecule has 1 aliphatic rings. The number of sulfonamides is 1. The molecule has 4 rings (SSSR count). The third-order valence-corrected chi connectivity index (χ3v) is 8.75. The molecule has 2 heterocycles. The number of halogens is 1. The Hall–Kier alpha value is -2.26. The molecule has 1 fully saturated rings. The van der Waals surface area contributed by atoms with Crippen LogP contribution in [0.15, 0.2) is 65.0 Å². The first-order valence-corrected chi connectivity index (χ1v) is 13.0. The number of nitrogens with zero attached hydrogens (tertiary/aromatic N) is 3. The highest BCUT2D eigenvalue weighted by molar-refractivity contribution is 7.89. The van der Waals surface area contributed by atoms with E-state index < -0.39 is 15.9 Å². The van der Waals surface area contributed by atoms with Gasteiger partial charge in [0.25, 0.3) is 5.91 Å². The number of benzene rings is 2. The predicted molar refractivity (Wildman–Crippen MR) is 129 cm³/mol. The SMILES string of the molecule is C=CCn1c(=NC(=O)c2ccc(S(=O)(=O)N3CCCC(C)C3)cc2)sc2cccc(Cl)c21. The van der Waals surface area contributed by atoms with Crippen LogP contribution in [0.1, 0.15) is 30.1 Å². The molecule has 1 amide bonds. The maximum absolute atomic E-state index is 12.9. The lowest BCUT2D eigenvalue weighted by Crippen LogP contribution is -2.39. The van der Waals surface area contributed by atoms with Crippen molar-refractivity contribution >= 4 is 49.1 Å². The Morgan fingerprint density at radius 2 is 2.03 bits per heavy atom. The summed E-state index contributed by atoms with van der Waals surface area (Å²) in [7, 11) is -3.57. The summed E-state index contributed by atoms with van der Waals surface area (Å²) in [6.07, 6.45) is 3.62. The minimum absolute atomic E-state index is 0.193. The van der Waals surface area contributed by atoms with E-state index in [2.05, 4.69) is 18.5 Å². The average Bonchev–Trinajstić information content (AvgIpc) is 3.12. The van der Waals surface area contributed by atoms with Gasteiger partial charge in [-0.3, -0.25) is 4.79 Å². The number of hydrogen-bond acceptors (Lipinski definition) is 4. The highest BCUT2D eigenvalue weighted by atomic mass is 35.5. The molecule has 0 N–H and O–H groups in total. The maximum Gasteiger partial charge on any atom is 0.279 e. The number of para-hydroxylation sites is 1. The zero-order valence-corrected chi connectivity index (χ0v) is 20.1. The molecule has 3 aromatic rings. The molecule has 1 atom stereocenters. The highest BCUT2D eigenvalue weighted by Gasteiger charge is 2.28. The Morgan fingerprint density at radius 3 is 2.72 bits per heavy atom. The fraction of sp³-hybridized carbons (Fsp3) is 0.304. The predicted octanol–water partition coefficient (Wildman–Crippen LogP) is 4.70. The fourth-order valence-corrected chi connectivity index (χ4v) is 6.90. The van der Waals surface area contributed by atoms with Crippen molar-refractivity contribution in [2.24, 2.45) is 10.9 Å². The van der Waals surface area contributed by atoms with Crippen molar-refractivity contribution in [2.75, 3.05) is 13.1 Å². The number of carbonyl (C=O) groups excluding carboxylic acids is 1. The Kier molecular flexibility index (Phi) is 6.67. The minimum Gasteiger partial charge on any atom is -0.311 e. The second-order valence-electron chi connectivity index (χ2n) is 7.92. The molecule has 168 valence electrons. The maximum atomic E-state index is 12.9. The lowest BCUT2D eigenvalue weighted by atomic mass is 10.0. The van der Waals surface area contributed by atoms with Crippen LogP contribution in [-0.2, 0) is 16.6 Å². The Bertz CT molecular complexity index is 1340. The number of amides is 1. The number of hydrogen-bond donors (Lipinski definition) is 0. The van der Waals surface area contributed by atoms with Crippen molar-refractivity contribution in [1.29, 1.82) is 0 Å². The van der Waals surface area contributed by atoms with Crippen LogP contribution in [0, 0.1) is 5.92 Å². The average molecular weight is 490 g/mol. The highest BCUT2D eigenvalue weighted by Crippen LogP contribution is 2.26. The Morgan fingerprint density at radius 1 is 1.28 bits per heavy atom. The van der Waals surface area contributed by atoms with E-state index in [1.165, 1.54) is 39.9 Å². The van der Waals surface area contributed by atoms with E-state index in [0.717, 1.165) is 23.1 Å². The standard InChI is InChI=1S/C23H24ClN3O3S2/c1-3-13-27-21-19(24)7-4-8-20(21)31-23(27)25-22(28)17-9-11-18(12-10-17)32(29,30)26-14-5-6-16(2)15-26/h3-4,7-12,16H,1,5-6,13-15H2,2H3. The molecule has 0 saturated carbocycles. The summed E-state index contributed by atoms with van der Waals surface area (Å²) in [5.74, 6) is -0.101. The van der Waals surface area contributed by atoms with Gasteiger partial charge in [-0.2, -0.15) is 9.30 Å². The molecule has 2 aromatic carbocycles. The van der Waals surface area contributed by atoms with Crippen molar-refractivity contribution in [3.8, 4) is 0 Å². The first kappa shape index (κ1) is 22.9. The van der Waals surface area contributed by atoms with Crippen molar-refractivity contribution in [3.63, 3.8) is 0 Å². The minimum atomic E-state index is -3.57. The summed E-state index contributed by atoms with van der Waals surface area (Å²) in [5, 5.41) is 0.580. The van der Waals surface area contributed by atoms with Crippen LogP contribution in [-0.4, -0.2) is 36.3 Å². The van der Waals surface area contributed by atoms with Gasteiger partial charge >= 0.3 is 0 Å². The number of aromatic nitrogens is 1. The largest absolute Gasteiger partial charge is 0.311 e. The summed E-state index contributed by atoms with van der Waals surface area (Å²) in [4.78, 5) is 17.8. The summed E-state index contributed by atoms with van der Waals surface area (Å²) < 4.78 is 30.2. The summed E-state index contributed by atoms with van der Waals surface area (Å²) in [6.45, 7) is 7.35. The van der Waals surface area contributed by atoms with E-state index in [-0.39, 0.29) is 4.90 Å². The van der Waals surface area contributed by atoms with E-state index in [4.69, 9.17) is 11.6 Å². The van der Waals surface area contributed by atoms with Gasteiger partial charge in [-0.05, 0) is 55.2 Å². The second kappa shape index (κ2) is 9.31. The van der Waals surface area contributed by atoms with Gasteiger partial charge < -0.3 is 4.57 Å². The van der Waals surface area contributed by atoms with Crippen molar-refractivity contribution in [1.82, 2.24) is 8.87 Å². The summed E-state index contributed by atoms with van der Waals surface area (Å²) in [6, 6.07) is 11.6. The van der Waals surface area contributed by atoms with Crippen LogP contribution in [0.4, 0.5) is 0 Å². The second-order valence-corrected chi connectivity index (χ2v) is 11.3. The quantitative estimate of drug-likeness (QED) is 0.487. The van der Waals surface area contributed by atoms with Crippen LogP contribution in [0.5, 0.6) is 0 Å². The third-order valence-electron chi connectivity index (χ3n) is 5.52. The van der Waals surface area contributed by atoms with Crippen LogP contribution in [0.25, 0.3) is 10.2 Å². The molecule has 1 saturated heterocycles. The van der Waals surface area contributed by atoms with Crippen LogP contribution in [0.2, 0.25) is 5.02 Å². The normalized spacial score (nSPS) is 18.2. The van der Waals surface area contributed by atoms with E-state index in [9.17, 15) is 13.2 Å². The van der Waals surface area contributed by atoms with Gasteiger partial charge in [-0.15, -0.1) is 6.58 Å². The molecule has 0 spiro atoms. The molecule has 0 bridgehead atoms. The summed E-state index contributed by atoms with van der Waals surface area (Å²) in [5.41, 5.74) is 1.13. The van der Waals surface area contributed by atoms with E-state index in [0.29, 0.717) is 40.9 Å². The van der Waals surface area contributed by atoms with Gasteiger partial charge in [0.1, 0.15) is 0 Å². The lowest BCUT2D eigenvalue weighted by molar-refractivity contribution is 0.0997. The van der Waals surface area contributed by atoms with Gasteiger partial charge in [0.2, 0.25) is 10.0 Å². The fourth-order valence-electron chi connectivity index (χ4n) is 3.91. The van der Waals surface area contributed by atoms with Crippen LogP contribution in [0.3, 0.4) is 0 Å². The van der Waals surface area contributed by atoms with Crippen molar-refractivity contribution < 1.29 is 13.2 Å². The van der Waals surface area contributed by atoms with Crippen molar-refractivity contribution in [2.45, 2.75) is 31.2 Å². The number of carbonyl (C=O) groups is 1. The molecular formula is C23H24ClN3O3S2. The van der Waals surface area contributed by atoms with E-state index in [1.54, 1.807) is 12.1 Å². The molecule has 32 heavy (non-hydrogen) atoms. The van der Waals surface area contributed by atoms with Gasteiger partial charge in [0.15, 0.2) is 4.80 Å². The lowest BCUT2D eigenvalue weighted by Gasteiger charge is -2.30. The molecule has 1 unspecified atom stereocenters. The van der Waals surface area contributed by atoms with E-state index in [1.807, 2.05) is 16.7 Å². The van der Waals surface area contributed by atoms with Gasteiger partial charge in [-0.25, -0.2) is 8.42 Å². The number of rotatable bonds is 5. The molecule has 0 aliphatic carbocycles. The Labute approximate surface area is 196 Å². The van der Waals surface area contributed by atoms with Gasteiger partial charge in [0, 0.05) is 25.2 Å². The number of fused-ring (bicyclic) bond motifs is 1. The molecule has 0 radical (unpaired) electrons. The number of piperidine rings is 1. The molecule has 6 nitrogen and oxygen atoms in total. The van der Waals surface area contributed by atoms with Crippen LogP contribution < -0.4 is 4.80 Å². The molecule has 1 aromatic heterocycles. The zero-order chi connectivity index (χ0) is 22.9. The first-order valence-electron chi connectivity index (χ1n) is 10.4. The van der Waals surface area contributed by atoms with E-state index >= 15 is 0 Å². The van der Waals surface area contributed by atoms with Crippen LogP contribution >= 0.6 is 22.9 Å². The first-order chi connectivity index (χ1) is 15.3. The van der Waals surface area contributed by atoms with Gasteiger partial charge in [0.05, 0.1) is 20.1 Å². The smallest absolute Gasteiger partial charge is 0.279 e. The third kappa shape index (κ3) is 4.45. The van der Waals surface area contributed by atoms with Crippen molar-refractivity contribution in [3.05, 3.63) is 70.5 Å². The van der Waals surface area contributed by atoms with Gasteiger partial charge in [-0.1, -0.05) is 42.0 Å². The molecule has 9 heteroatoms. The number of allylic oxidation sites excluding steroid dienone is 1. The Balaban J connectivity index is 1.65. The summed E-state index contributed by atoms with van der Waals surface area (Å²) >= 11 is 7.73. The molecular weight excluding hydrogens is 466 g/mol. The number of thiazole rings is 1. The zero-order valence-electron chi connectivity index (χ0n) is 17.7. The monoisotopic (exact) mass is 489 g/mol. The molecule has 1 aliphatic heterocycles. The topological polar surface area (TPSA) is 71.7 Å².